The van der Waals surface area contributed by atoms with E-state index in [1.165, 1.54) is 0 Å². The van der Waals surface area contributed by atoms with Crippen LogP contribution < -0.4 is 5.32 Å². The highest BCUT2D eigenvalue weighted by molar-refractivity contribution is 7.90. The van der Waals surface area contributed by atoms with Crippen molar-refractivity contribution < 1.29 is 13.2 Å². The van der Waals surface area contributed by atoms with Crippen LogP contribution in [0.1, 0.15) is 6.92 Å². The van der Waals surface area contributed by atoms with E-state index in [0.717, 1.165) is 13.1 Å². The first kappa shape index (κ1) is 17.0. The molecule has 1 amide bonds. The van der Waals surface area contributed by atoms with E-state index >= 15 is 0 Å². The first-order valence-corrected chi connectivity index (χ1v) is 8.58. The maximum atomic E-state index is 12.6. The summed E-state index contributed by atoms with van der Waals surface area (Å²) in [6.45, 7) is 4.61. The molecule has 3 aliphatic rings. The molecule has 7 nitrogen and oxygen atoms in total. The van der Waals surface area contributed by atoms with Crippen molar-refractivity contribution in [2.24, 2.45) is 4.40 Å². The van der Waals surface area contributed by atoms with Crippen LogP contribution in [0.2, 0.25) is 0 Å². The lowest BCUT2D eigenvalue weighted by molar-refractivity contribution is -0.129. The van der Waals surface area contributed by atoms with E-state index in [4.69, 9.17) is 0 Å². The highest BCUT2D eigenvalue weighted by Gasteiger charge is 2.29. The van der Waals surface area contributed by atoms with Crippen LogP contribution in [0.3, 0.4) is 0 Å². The van der Waals surface area contributed by atoms with Crippen molar-refractivity contribution >= 4 is 34.2 Å². The summed E-state index contributed by atoms with van der Waals surface area (Å²) in [7, 11) is -3.36. The van der Waals surface area contributed by atoms with Gasteiger partial charge in [-0.05, 0) is 19.1 Å². The van der Waals surface area contributed by atoms with Gasteiger partial charge in [0.25, 0.3) is 15.9 Å². The quantitative estimate of drug-likeness (QED) is 0.706. The number of rotatable bonds is 1. The Kier molecular flexibility index (Phi) is 4.93. The Bertz CT molecular complexity index is 656. The van der Waals surface area contributed by atoms with Crippen molar-refractivity contribution in [1.82, 2.24) is 15.1 Å². The first-order chi connectivity index (χ1) is 9.96. The number of sulfonamides is 1. The highest BCUT2D eigenvalue weighted by atomic mass is 35.5. The van der Waals surface area contributed by atoms with Crippen LogP contribution in [0.4, 0.5) is 0 Å². The van der Waals surface area contributed by atoms with Crippen LogP contribution in [-0.4, -0.2) is 67.9 Å². The number of amides is 1. The van der Waals surface area contributed by atoms with Gasteiger partial charge in [-0.25, -0.2) is 8.42 Å². The minimum absolute atomic E-state index is 0. The predicted octanol–water partition coefficient (Wildman–Crippen LogP) is -0.274. The Balaban J connectivity index is 0.00000176. The molecule has 3 heterocycles. The van der Waals surface area contributed by atoms with Crippen LogP contribution in [0.5, 0.6) is 0 Å². The predicted molar refractivity (Wildman–Crippen MR) is 86.4 cm³/mol. The summed E-state index contributed by atoms with van der Waals surface area (Å²) in [6.07, 6.45) is 4.94. The van der Waals surface area contributed by atoms with Gasteiger partial charge >= 0.3 is 0 Å². The zero-order valence-electron chi connectivity index (χ0n) is 12.2. The summed E-state index contributed by atoms with van der Waals surface area (Å²) in [6, 6.07) is 0.150. The number of amidine groups is 1. The van der Waals surface area contributed by atoms with Gasteiger partial charge in [-0.3, -0.25) is 4.79 Å². The topological polar surface area (TPSA) is 82.1 Å². The molecule has 1 fully saturated rings. The summed E-state index contributed by atoms with van der Waals surface area (Å²) in [5.41, 5.74) is 0.571. The maximum absolute atomic E-state index is 12.6. The van der Waals surface area contributed by atoms with E-state index in [0.29, 0.717) is 24.5 Å². The average Bonchev–Trinajstić information content (AvgIpc) is 2.46. The molecule has 1 saturated heterocycles. The molecule has 0 aromatic heterocycles. The molecule has 3 rings (SSSR count). The molecule has 0 unspecified atom stereocenters. The van der Waals surface area contributed by atoms with Crippen molar-refractivity contribution in [2.75, 3.05) is 31.9 Å². The number of fused-ring (bicyclic) bond motifs is 1. The van der Waals surface area contributed by atoms with Gasteiger partial charge in [0.05, 0.1) is 11.3 Å². The van der Waals surface area contributed by atoms with Gasteiger partial charge in [-0.15, -0.1) is 16.8 Å². The van der Waals surface area contributed by atoms with Crippen LogP contribution >= 0.6 is 12.4 Å². The van der Waals surface area contributed by atoms with Crippen LogP contribution in [-0.2, 0) is 14.8 Å². The lowest BCUT2D eigenvalue weighted by Crippen LogP contribution is -2.52. The van der Waals surface area contributed by atoms with Gasteiger partial charge in [0.2, 0.25) is 0 Å². The molecular weight excluding hydrogens is 328 g/mol. The molecule has 0 spiro atoms. The van der Waals surface area contributed by atoms with Crippen molar-refractivity contribution in [1.29, 1.82) is 0 Å². The van der Waals surface area contributed by atoms with Crippen molar-refractivity contribution in [2.45, 2.75) is 13.0 Å². The molecule has 0 aromatic rings. The molecular formula is C13H19ClN4O3S. The van der Waals surface area contributed by atoms with Gasteiger partial charge < -0.3 is 15.1 Å². The van der Waals surface area contributed by atoms with E-state index in [1.807, 2.05) is 11.8 Å². The number of hydrogen-bond donors (Lipinski definition) is 1. The smallest absolute Gasteiger partial charge is 0.256 e. The zero-order chi connectivity index (χ0) is 15.0. The third kappa shape index (κ3) is 3.34. The highest BCUT2D eigenvalue weighted by Crippen LogP contribution is 2.18. The number of nitrogens with one attached hydrogen (secondary N) is 1. The minimum Gasteiger partial charge on any atom is -0.333 e. The van der Waals surface area contributed by atoms with Crippen molar-refractivity contribution in [3.63, 3.8) is 0 Å². The van der Waals surface area contributed by atoms with E-state index in [1.54, 1.807) is 23.3 Å². The second kappa shape index (κ2) is 6.39. The fourth-order valence-electron chi connectivity index (χ4n) is 2.64. The number of carbonyl (C=O) groups is 1. The number of carbonyl (C=O) groups excluding carboxylic acids is 1. The molecule has 9 heteroatoms. The monoisotopic (exact) mass is 346 g/mol. The minimum atomic E-state index is -3.36. The number of piperazine rings is 1. The summed E-state index contributed by atoms with van der Waals surface area (Å²) in [5, 5.41) is 3.25. The first-order valence-electron chi connectivity index (χ1n) is 6.97. The normalized spacial score (nSPS) is 26.5. The summed E-state index contributed by atoms with van der Waals surface area (Å²) >= 11 is 0. The molecule has 0 radical (unpaired) electrons. The SMILES string of the molecule is C[C@H]1CNCCN1C(=O)C1=CN2CCS(=O)(=O)N=C2C=C1.Cl. The molecule has 0 bridgehead atoms. The van der Waals surface area contributed by atoms with Gasteiger partial charge in [0.1, 0.15) is 5.84 Å². The maximum Gasteiger partial charge on any atom is 0.256 e. The van der Waals surface area contributed by atoms with E-state index < -0.39 is 10.0 Å². The zero-order valence-corrected chi connectivity index (χ0v) is 13.9. The van der Waals surface area contributed by atoms with Crippen LogP contribution in [0.15, 0.2) is 28.3 Å². The number of hydrogen-bond acceptors (Lipinski definition) is 5. The third-order valence-electron chi connectivity index (χ3n) is 3.83. The molecule has 0 aliphatic carbocycles. The molecule has 3 aliphatic heterocycles. The lowest BCUT2D eigenvalue weighted by Gasteiger charge is -2.35. The standard InChI is InChI=1S/C13H18N4O3S.ClH/c1-10-8-14-4-5-17(10)13(18)11-2-3-12-15-21(19,20)7-6-16(12)9-11;/h2-3,9-10,14H,4-8H2,1H3;1H/t10-;/m0./s1. The van der Waals surface area contributed by atoms with E-state index in [2.05, 4.69) is 9.71 Å². The van der Waals surface area contributed by atoms with Crippen LogP contribution in [0.25, 0.3) is 0 Å². The molecule has 1 N–H and O–H groups in total. The van der Waals surface area contributed by atoms with Gasteiger partial charge in [0.15, 0.2) is 0 Å². The summed E-state index contributed by atoms with van der Waals surface area (Å²) < 4.78 is 26.6. The number of halogens is 1. The fourth-order valence-corrected chi connectivity index (χ4v) is 3.61. The fraction of sp³-hybridized carbons (Fsp3) is 0.538. The second-order valence-corrected chi connectivity index (χ2v) is 7.15. The van der Waals surface area contributed by atoms with Gasteiger partial charge in [-0.2, -0.15) is 0 Å². The van der Waals surface area contributed by atoms with Gasteiger partial charge in [-0.1, -0.05) is 0 Å². The number of nitrogens with zero attached hydrogens (tertiary/aromatic N) is 3. The largest absolute Gasteiger partial charge is 0.333 e. The van der Waals surface area contributed by atoms with Crippen molar-refractivity contribution in [3.05, 3.63) is 23.9 Å². The summed E-state index contributed by atoms with van der Waals surface area (Å²) in [5.74, 6) is 0.339. The Hall–Kier alpha value is -1.38. The Morgan fingerprint density at radius 1 is 1.36 bits per heavy atom. The average molecular weight is 347 g/mol. The van der Waals surface area contributed by atoms with Crippen molar-refractivity contribution in [3.8, 4) is 0 Å². The van der Waals surface area contributed by atoms with E-state index in [9.17, 15) is 13.2 Å². The van der Waals surface area contributed by atoms with E-state index in [-0.39, 0.29) is 30.1 Å². The lowest BCUT2D eigenvalue weighted by atomic mass is 10.1. The molecule has 0 saturated carbocycles. The molecule has 1 atom stereocenters. The van der Waals surface area contributed by atoms with Gasteiger partial charge in [0, 0.05) is 38.4 Å². The van der Waals surface area contributed by atoms with Crippen LogP contribution in [0, 0.1) is 0 Å². The molecule has 122 valence electrons. The summed E-state index contributed by atoms with van der Waals surface area (Å²) in [4.78, 5) is 16.1. The molecule has 22 heavy (non-hydrogen) atoms. The molecule has 0 aromatic carbocycles. The Morgan fingerprint density at radius 3 is 2.86 bits per heavy atom. The third-order valence-corrected chi connectivity index (χ3v) is 5.00. The Morgan fingerprint density at radius 2 is 2.14 bits per heavy atom. The second-order valence-electron chi connectivity index (χ2n) is 5.40. The Labute approximate surface area is 136 Å².